The molecule has 2 rings (SSSR count). The summed E-state index contributed by atoms with van der Waals surface area (Å²) in [5.74, 6) is 5.28. The molecular formula is C10H10N6O3S. The second-order valence-corrected chi connectivity index (χ2v) is 4.66. The number of nitro groups is 1. The molecule has 1 aromatic heterocycles. The number of anilines is 2. The smallest absolute Gasteiger partial charge is 0.307 e. The number of nitrogens with one attached hydrogen (secondary N) is 2. The molecule has 2 aromatic rings. The summed E-state index contributed by atoms with van der Waals surface area (Å²) in [6, 6.07) is 5.70. The molecule has 0 spiro atoms. The third kappa shape index (κ3) is 2.87. The van der Waals surface area contributed by atoms with E-state index in [0.717, 1.165) is 17.8 Å². The lowest BCUT2D eigenvalue weighted by atomic mass is 10.3. The lowest BCUT2D eigenvalue weighted by molar-refractivity contribution is -0.386. The van der Waals surface area contributed by atoms with Crippen molar-refractivity contribution in [1.82, 2.24) is 9.97 Å². The van der Waals surface area contributed by atoms with Crippen LogP contribution in [0.3, 0.4) is 0 Å². The summed E-state index contributed by atoms with van der Waals surface area (Å²) in [6.45, 7) is 0. The number of nitrogens with two attached hydrogens (primary N) is 2. The number of aromatic nitrogens is 2. The van der Waals surface area contributed by atoms with Crippen molar-refractivity contribution in [2.24, 2.45) is 5.84 Å². The first-order valence-corrected chi connectivity index (χ1v) is 6.11. The molecule has 0 unspecified atom stereocenters. The Labute approximate surface area is 116 Å². The molecule has 9 nitrogen and oxygen atoms in total. The van der Waals surface area contributed by atoms with Gasteiger partial charge in [0.25, 0.3) is 5.56 Å². The Hall–Kier alpha value is -2.59. The van der Waals surface area contributed by atoms with Gasteiger partial charge in [-0.05, 0) is 23.9 Å². The number of benzene rings is 1. The van der Waals surface area contributed by atoms with Crippen LogP contribution in [0, 0.1) is 10.1 Å². The SMILES string of the molecule is NNc1cccc(Sc2nc(N)cc(=O)[nH]2)c1[N+](=O)[O-]. The minimum atomic E-state index is -0.568. The van der Waals surface area contributed by atoms with Gasteiger partial charge in [-0.3, -0.25) is 20.8 Å². The first-order valence-electron chi connectivity index (χ1n) is 5.30. The first-order chi connectivity index (χ1) is 9.51. The monoisotopic (exact) mass is 294 g/mol. The fourth-order valence-corrected chi connectivity index (χ4v) is 2.45. The minimum Gasteiger partial charge on any atom is -0.383 e. The lowest BCUT2D eigenvalue weighted by Gasteiger charge is -2.06. The molecule has 104 valence electrons. The predicted octanol–water partition coefficient (Wildman–Crippen LogP) is 0.697. The van der Waals surface area contributed by atoms with Crippen LogP contribution in [0.25, 0.3) is 0 Å². The summed E-state index contributed by atoms with van der Waals surface area (Å²) < 4.78 is 0. The summed E-state index contributed by atoms with van der Waals surface area (Å²) in [5, 5.41) is 11.3. The Balaban J connectivity index is 2.48. The molecule has 0 aliphatic carbocycles. The zero-order valence-electron chi connectivity index (χ0n) is 9.99. The van der Waals surface area contributed by atoms with Crippen molar-refractivity contribution < 1.29 is 4.92 Å². The predicted molar refractivity (Wildman–Crippen MR) is 74.3 cm³/mol. The number of rotatable bonds is 4. The molecule has 1 aromatic carbocycles. The van der Waals surface area contributed by atoms with Gasteiger partial charge < -0.3 is 16.1 Å². The molecule has 0 saturated heterocycles. The Kier molecular flexibility index (Phi) is 3.86. The standard InChI is InChI=1S/C10H10N6O3S/c11-7-4-8(17)14-10(13-7)20-6-3-1-2-5(15-12)9(6)16(18)19/h1-4,15H,12H2,(H3,11,13,14,17). The second kappa shape index (κ2) is 5.59. The average molecular weight is 294 g/mol. The highest BCUT2D eigenvalue weighted by Gasteiger charge is 2.20. The summed E-state index contributed by atoms with van der Waals surface area (Å²) in [7, 11) is 0. The van der Waals surface area contributed by atoms with Crippen LogP contribution in [0.4, 0.5) is 17.2 Å². The largest absolute Gasteiger partial charge is 0.383 e. The van der Waals surface area contributed by atoms with Crippen LogP contribution in [0.2, 0.25) is 0 Å². The van der Waals surface area contributed by atoms with Gasteiger partial charge in [-0.1, -0.05) is 6.07 Å². The molecule has 0 fully saturated rings. The van der Waals surface area contributed by atoms with Crippen molar-refractivity contribution in [2.45, 2.75) is 10.1 Å². The minimum absolute atomic E-state index is 0.0343. The number of hydrogen-bond donors (Lipinski definition) is 4. The van der Waals surface area contributed by atoms with Crippen molar-refractivity contribution in [3.63, 3.8) is 0 Å². The van der Waals surface area contributed by atoms with Crippen LogP contribution < -0.4 is 22.6 Å². The van der Waals surface area contributed by atoms with E-state index in [-0.39, 0.29) is 27.2 Å². The number of para-hydroxylation sites is 1. The van der Waals surface area contributed by atoms with Crippen molar-refractivity contribution >= 4 is 29.0 Å². The van der Waals surface area contributed by atoms with E-state index in [0.29, 0.717) is 0 Å². The molecule has 10 heteroatoms. The molecule has 20 heavy (non-hydrogen) atoms. The van der Waals surface area contributed by atoms with Crippen LogP contribution in [-0.4, -0.2) is 14.9 Å². The first kappa shape index (κ1) is 13.8. The zero-order chi connectivity index (χ0) is 14.7. The number of hydrazine groups is 1. The van der Waals surface area contributed by atoms with Crippen molar-refractivity contribution in [3.05, 3.63) is 44.7 Å². The number of nitrogens with zero attached hydrogens (tertiary/aromatic N) is 2. The van der Waals surface area contributed by atoms with Gasteiger partial charge in [0, 0.05) is 6.07 Å². The summed E-state index contributed by atoms with van der Waals surface area (Å²) in [4.78, 5) is 28.4. The van der Waals surface area contributed by atoms with Crippen molar-refractivity contribution in [1.29, 1.82) is 0 Å². The van der Waals surface area contributed by atoms with Crippen molar-refractivity contribution in [2.75, 3.05) is 11.2 Å². The van der Waals surface area contributed by atoms with Gasteiger partial charge in [-0.25, -0.2) is 4.98 Å². The Morgan fingerprint density at radius 2 is 2.20 bits per heavy atom. The third-order valence-corrected chi connectivity index (χ3v) is 3.22. The Morgan fingerprint density at radius 3 is 2.80 bits per heavy atom. The Bertz CT molecular complexity index is 716. The van der Waals surface area contributed by atoms with E-state index < -0.39 is 10.5 Å². The molecule has 0 aliphatic rings. The number of aromatic amines is 1. The summed E-state index contributed by atoms with van der Waals surface area (Å²) in [6.07, 6.45) is 0. The maximum atomic E-state index is 11.3. The molecule has 0 radical (unpaired) electrons. The van der Waals surface area contributed by atoms with E-state index in [9.17, 15) is 14.9 Å². The molecule has 0 bridgehead atoms. The molecule has 0 amide bonds. The molecule has 6 N–H and O–H groups in total. The molecule has 0 atom stereocenters. The van der Waals surface area contributed by atoms with Gasteiger partial charge in [0.2, 0.25) is 0 Å². The maximum Gasteiger partial charge on any atom is 0.307 e. The number of hydrogen-bond acceptors (Lipinski definition) is 8. The van der Waals surface area contributed by atoms with Gasteiger partial charge in [-0.15, -0.1) is 0 Å². The Morgan fingerprint density at radius 1 is 1.45 bits per heavy atom. The van der Waals surface area contributed by atoms with E-state index in [1.807, 2.05) is 0 Å². The van der Waals surface area contributed by atoms with E-state index >= 15 is 0 Å². The highest BCUT2D eigenvalue weighted by molar-refractivity contribution is 7.99. The topological polar surface area (TPSA) is 153 Å². The maximum absolute atomic E-state index is 11.3. The van der Waals surface area contributed by atoms with Crippen molar-refractivity contribution in [3.8, 4) is 0 Å². The van der Waals surface area contributed by atoms with Crippen LogP contribution in [0.15, 0.2) is 39.1 Å². The van der Waals surface area contributed by atoms with Gasteiger partial charge in [0.05, 0.1) is 9.82 Å². The van der Waals surface area contributed by atoms with E-state index in [1.165, 1.54) is 12.1 Å². The second-order valence-electron chi connectivity index (χ2n) is 3.63. The van der Waals surface area contributed by atoms with Crippen LogP contribution in [0.1, 0.15) is 0 Å². The van der Waals surface area contributed by atoms with Gasteiger partial charge in [0.15, 0.2) is 5.16 Å². The third-order valence-electron chi connectivity index (χ3n) is 2.28. The van der Waals surface area contributed by atoms with Crippen LogP contribution in [0.5, 0.6) is 0 Å². The average Bonchev–Trinajstić information content (AvgIpc) is 2.36. The molecule has 0 aliphatic heterocycles. The molecule has 0 saturated carbocycles. The quantitative estimate of drug-likeness (QED) is 0.278. The molecular weight excluding hydrogens is 284 g/mol. The van der Waals surface area contributed by atoms with Gasteiger partial charge in [0.1, 0.15) is 11.5 Å². The highest BCUT2D eigenvalue weighted by atomic mass is 32.2. The summed E-state index contributed by atoms with van der Waals surface area (Å²) >= 11 is 0.917. The lowest BCUT2D eigenvalue weighted by Crippen LogP contribution is -2.10. The molecule has 1 heterocycles. The fourth-order valence-electron chi connectivity index (χ4n) is 1.52. The number of nitrogen functional groups attached to an aromatic ring is 2. The zero-order valence-corrected chi connectivity index (χ0v) is 10.8. The van der Waals surface area contributed by atoms with Crippen LogP contribution in [-0.2, 0) is 0 Å². The normalized spacial score (nSPS) is 10.2. The van der Waals surface area contributed by atoms with Gasteiger partial charge in [-0.2, -0.15) is 0 Å². The van der Waals surface area contributed by atoms with E-state index in [4.69, 9.17) is 11.6 Å². The fraction of sp³-hybridized carbons (Fsp3) is 0. The van der Waals surface area contributed by atoms with Gasteiger partial charge >= 0.3 is 5.69 Å². The highest BCUT2D eigenvalue weighted by Crippen LogP contribution is 2.37. The number of H-pyrrole nitrogens is 1. The summed E-state index contributed by atoms with van der Waals surface area (Å²) in [5.41, 5.74) is 7.23. The number of nitro benzene ring substituents is 1. The van der Waals surface area contributed by atoms with E-state index in [2.05, 4.69) is 15.4 Å². The van der Waals surface area contributed by atoms with E-state index in [1.54, 1.807) is 6.07 Å². The van der Waals surface area contributed by atoms with Crippen LogP contribution >= 0.6 is 11.8 Å².